The third-order valence-corrected chi connectivity index (χ3v) is 5.33. The maximum Gasteiger partial charge on any atom is 0.254 e. The lowest BCUT2D eigenvalue weighted by molar-refractivity contribution is 0.0686. The van der Waals surface area contributed by atoms with Crippen molar-refractivity contribution >= 4 is 5.91 Å². The molecule has 0 bridgehead atoms. The van der Waals surface area contributed by atoms with E-state index in [2.05, 4.69) is 15.1 Å². The highest BCUT2D eigenvalue weighted by atomic mass is 19.1. The number of amides is 1. The Bertz CT molecular complexity index is 1190. The summed E-state index contributed by atoms with van der Waals surface area (Å²) in [6.45, 7) is 5.05. The molecule has 0 spiro atoms. The molecule has 0 saturated carbocycles. The van der Waals surface area contributed by atoms with Crippen molar-refractivity contribution in [3.63, 3.8) is 0 Å². The van der Waals surface area contributed by atoms with Gasteiger partial charge in [0.1, 0.15) is 5.82 Å². The van der Waals surface area contributed by atoms with Crippen LogP contribution in [0.4, 0.5) is 4.39 Å². The van der Waals surface area contributed by atoms with E-state index in [9.17, 15) is 9.18 Å². The first-order valence-corrected chi connectivity index (χ1v) is 10.5. The summed E-state index contributed by atoms with van der Waals surface area (Å²) < 4.78 is 15.0. The lowest BCUT2D eigenvalue weighted by atomic mass is 10.0. The molecule has 1 amide bonds. The zero-order valence-corrected chi connectivity index (χ0v) is 18.0. The maximum absolute atomic E-state index is 13.5. The number of carbonyl (C=O) groups is 1. The fourth-order valence-electron chi connectivity index (χ4n) is 3.72. The SMILES string of the molecule is CCN(C(=O)c1ccccc1-c1ncccn1)[C@@H](C)Cn1ccc(-c2ccc(F)cc2)n1. The molecule has 32 heavy (non-hydrogen) atoms. The van der Waals surface area contributed by atoms with Crippen molar-refractivity contribution in [2.75, 3.05) is 6.54 Å². The first-order valence-electron chi connectivity index (χ1n) is 10.5. The van der Waals surface area contributed by atoms with E-state index in [4.69, 9.17) is 0 Å². The van der Waals surface area contributed by atoms with Gasteiger partial charge in [-0.05, 0) is 56.3 Å². The van der Waals surface area contributed by atoms with E-state index in [0.717, 1.165) is 11.3 Å². The second-order valence-electron chi connectivity index (χ2n) is 7.49. The van der Waals surface area contributed by atoms with E-state index >= 15 is 0 Å². The first kappa shape index (κ1) is 21.4. The molecule has 2 aromatic heterocycles. The number of nitrogens with zero attached hydrogens (tertiary/aromatic N) is 5. The average molecular weight is 429 g/mol. The normalized spacial score (nSPS) is 11.8. The molecule has 0 aliphatic carbocycles. The Hall–Kier alpha value is -3.87. The van der Waals surface area contributed by atoms with Gasteiger partial charge in [0.25, 0.3) is 5.91 Å². The van der Waals surface area contributed by atoms with Crippen molar-refractivity contribution in [1.29, 1.82) is 0 Å². The minimum absolute atomic E-state index is 0.0750. The quantitative estimate of drug-likeness (QED) is 0.427. The van der Waals surface area contributed by atoms with Crippen LogP contribution in [0.3, 0.4) is 0 Å². The smallest absolute Gasteiger partial charge is 0.254 e. The van der Waals surface area contributed by atoms with Crippen molar-refractivity contribution in [2.24, 2.45) is 0 Å². The van der Waals surface area contributed by atoms with Crippen LogP contribution < -0.4 is 0 Å². The Morgan fingerprint density at radius 3 is 2.47 bits per heavy atom. The number of benzene rings is 2. The van der Waals surface area contributed by atoms with Crippen LogP contribution in [0.25, 0.3) is 22.6 Å². The summed E-state index contributed by atoms with van der Waals surface area (Å²) >= 11 is 0. The van der Waals surface area contributed by atoms with Crippen molar-refractivity contribution in [3.8, 4) is 22.6 Å². The fraction of sp³-hybridized carbons (Fsp3) is 0.200. The van der Waals surface area contributed by atoms with E-state index in [-0.39, 0.29) is 17.8 Å². The standard InChI is InChI=1S/C25H24FN5O/c1-3-31(25(32)22-8-5-4-7-21(22)24-27-14-6-15-28-24)18(2)17-30-16-13-23(29-30)19-9-11-20(26)12-10-19/h4-16,18H,3,17H2,1-2H3/t18-/m0/s1. The van der Waals surface area contributed by atoms with Gasteiger partial charge in [-0.25, -0.2) is 14.4 Å². The number of aromatic nitrogens is 4. The van der Waals surface area contributed by atoms with Gasteiger partial charge in [-0.3, -0.25) is 9.48 Å². The van der Waals surface area contributed by atoms with Gasteiger partial charge in [-0.1, -0.05) is 18.2 Å². The number of likely N-dealkylation sites (N-methyl/N-ethyl adjacent to an activating group) is 1. The Morgan fingerprint density at radius 1 is 1.03 bits per heavy atom. The highest BCUT2D eigenvalue weighted by Gasteiger charge is 2.24. The third kappa shape index (κ3) is 4.56. The molecule has 0 aliphatic heterocycles. The molecule has 162 valence electrons. The van der Waals surface area contributed by atoms with Crippen LogP contribution in [-0.2, 0) is 6.54 Å². The largest absolute Gasteiger partial charge is 0.334 e. The van der Waals surface area contributed by atoms with E-state index in [1.54, 1.807) is 30.6 Å². The number of carbonyl (C=O) groups excluding carboxylic acids is 1. The van der Waals surface area contributed by atoms with Crippen molar-refractivity contribution in [1.82, 2.24) is 24.6 Å². The summed E-state index contributed by atoms with van der Waals surface area (Å²) in [5.41, 5.74) is 2.89. The number of hydrogen-bond acceptors (Lipinski definition) is 4. The summed E-state index contributed by atoms with van der Waals surface area (Å²) in [5, 5.41) is 4.60. The molecule has 0 fully saturated rings. The molecule has 0 aliphatic rings. The molecule has 4 rings (SSSR count). The highest BCUT2D eigenvalue weighted by Crippen LogP contribution is 2.23. The van der Waals surface area contributed by atoms with Gasteiger partial charge in [-0.2, -0.15) is 5.10 Å². The summed E-state index contributed by atoms with van der Waals surface area (Å²) in [5.74, 6) is 0.172. The van der Waals surface area contributed by atoms with Crippen LogP contribution in [-0.4, -0.2) is 43.1 Å². The second-order valence-corrected chi connectivity index (χ2v) is 7.49. The van der Waals surface area contributed by atoms with Crippen LogP contribution in [0.2, 0.25) is 0 Å². The summed E-state index contributed by atoms with van der Waals surface area (Å²) in [7, 11) is 0. The van der Waals surface area contributed by atoms with Gasteiger partial charge in [0, 0.05) is 42.3 Å². The molecule has 0 N–H and O–H groups in total. The highest BCUT2D eigenvalue weighted by molar-refractivity contribution is 6.00. The predicted octanol–water partition coefficient (Wildman–Crippen LogP) is 4.70. The van der Waals surface area contributed by atoms with E-state index in [1.165, 1.54) is 12.1 Å². The topological polar surface area (TPSA) is 63.9 Å². The third-order valence-electron chi connectivity index (χ3n) is 5.33. The van der Waals surface area contributed by atoms with Gasteiger partial charge in [0.15, 0.2) is 5.82 Å². The molecule has 0 radical (unpaired) electrons. The van der Waals surface area contributed by atoms with E-state index in [0.29, 0.717) is 30.0 Å². The molecule has 0 unspecified atom stereocenters. The minimum Gasteiger partial charge on any atom is -0.334 e. The summed E-state index contributed by atoms with van der Waals surface area (Å²) in [6.07, 6.45) is 5.21. The van der Waals surface area contributed by atoms with Crippen molar-refractivity contribution in [3.05, 3.63) is 90.6 Å². The lowest BCUT2D eigenvalue weighted by Gasteiger charge is -2.28. The Labute approximate surface area is 186 Å². The predicted molar refractivity (Wildman–Crippen MR) is 121 cm³/mol. The molecular formula is C25H24FN5O. The van der Waals surface area contributed by atoms with Crippen molar-refractivity contribution < 1.29 is 9.18 Å². The number of halogens is 1. The van der Waals surface area contributed by atoms with Gasteiger partial charge in [0.05, 0.1) is 17.8 Å². The number of hydrogen-bond donors (Lipinski definition) is 0. The zero-order valence-electron chi connectivity index (χ0n) is 18.0. The van der Waals surface area contributed by atoms with Crippen LogP contribution >= 0.6 is 0 Å². The summed E-state index contributed by atoms with van der Waals surface area (Å²) in [4.78, 5) is 23.9. The van der Waals surface area contributed by atoms with E-state index in [1.807, 2.05) is 60.0 Å². The van der Waals surface area contributed by atoms with Gasteiger partial charge in [-0.15, -0.1) is 0 Å². The molecule has 6 nitrogen and oxygen atoms in total. The van der Waals surface area contributed by atoms with Gasteiger partial charge in [0.2, 0.25) is 0 Å². The molecule has 2 aromatic carbocycles. The van der Waals surface area contributed by atoms with Crippen LogP contribution in [0.15, 0.2) is 79.3 Å². The molecule has 4 aromatic rings. The zero-order chi connectivity index (χ0) is 22.5. The Morgan fingerprint density at radius 2 is 1.75 bits per heavy atom. The van der Waals surface area contributed by atoms with Crippen LogP contribution in [0.5, 0.6) is 0 Å². The first-order chi connectivity index (χ1) is 15.6. The molecule has 2 heterocycles. The Kier molecular flexibility index (Phi) is 6.35. The average Bonchev–Trinajstić information content (AvgIpc) is 3.29. The van der Waals surface area contributed by atoms with Crippen molar-refractivity contribution in [2.45, 2.75) is 26.4 Å². The lowest BCUT2D eigenvalue weighted by Crippen LogP contribution is -2.41. The minimum atomic E-state index is -0.278. The molecule has 0 saturated heterocycles. The molecule has 1 atom stereocenters. The maximum atomic E-state index is 13.5. The number of rotatable bonds is 7. The van der Waals surface area contributed by atoms with Crippen LogP contribution in [0.1, 0.15) is 24.2 Å². The fourth-order valence-corrected chi connectivity index (χ4v) is 3.72. The second kappa shape index (κ2) is 9.51. The Balaban J connectivity index is 1.53. The van der Waals surface area contributed by atoms with Gasteiger partial charge >= 0.3 is 0 Å². The molecular weight excluding hydrogens is 405 g/mol. The van der Waals surface area contributed by atoms with Gasteiger partial charge < -0.3 is 4.90 Å². The van der Waals surface area contributed by atoms with Crippen LogP contribution in [0, 0.1) is 5.82 Å². The van der Waals surface area contributed by atoms with E-state index < -0.39 is 0 Å². The summed E-state index contributed by atoms with van der Waals surface area (Å²) in [6, 6.07) is 17.2. The monoisotopic (exact) mass is 429 g/mol. The molecule has 7 heteroatoms.